The lowest BCUT2D eigenvalue weighted by molar-refractivity contribution is 0.0993. The molecule has 0 bridgehead atoms. The van der Waals surface area contributed by atoms with Crippen LogP contribution in [0.2, 0.25) is 0 Å². The van der Waals surface area contributed by atoms with Gasteiger partial charge in [0, 0.05) is 24.8 Å². The maximum absolute atomic E-state index is 11.7. The summed E-state index contributed by atoms with van der Waals surface area (Å²) in [6, 6.07) is 7.82. The van der Waals surface area contributed by atoms with E-state index in [1.54, 1.807) is 4.68 Å². The van der Waals surface area contributed by atoms with E-state index in [4.69, 9.17) is 10.5 Å². The molecular weight excluding hydrogens is 306 g/mol. The van der Waals surface area contributed by atoms with Gasteiger partial charge < -0.3 is 10.5 Å². The van der Waals surface area contributed by atoms with Crippen LogP contribution >= 0.6 is 0 Å². The van der Waals surface area contributed by atoms with Gasteiger partial charge in [0.2, 0.25) is 0 Å². The van der Waals surface area contributed by atoms with E-state index in [1.807, 2.05) is 30.5 Å². The summed E-state index contributed by atoms with van der Waals surface area (Å²) in [5, 5.41) is 5.52. The molecule has 4 rings (SSSR count). The number of rotatable bonds is 4. The SMILES string of the molecule is NC(=O)c1ncc(-n2cc3ccccc3n2)nc1C[C@@H]1CCOC1. The molecule has 24 heavy (non-hydrogen) atoms. The number of fused-ring (bicyclic) bond motifs is 1. The zero-order valence-corrected chi connectivity index (χ0v) is 13.1. The molecule has 1 atom stereocenters. The largest absolute Gasteiger partial charge is 0.381 e. The molecule has 1 fully saturated rings. The van der Waals surface area contributed by atoms with Crippen LogP contribution in [0, 0.1) is 5.92 Å². The third kappa shape index (κ3) is 2.74. The Morgan fingerprint density at radius 1 is 1.38 bits per heavy atom. The number of hydrogen-bond acceptors (Lipinski definition) is 5. The molecule has 122 valence electrons. The van der Waals surface area contributed by atoms with E-state index in [2.05, 4.69) is 15.1 Å². The number of carbonyl (C=O) groups excluding carboxylic acids is 1. The van der Waals surface area contributed by atoms with Crippen LogP contribution in [-0.2, 0) is 11.2 Å². The minimum atomic E-state index is -0.561. The van der Waals surface area contributed by atoms with E-state index in [-0.39, 0.29) is 5.69 Å². The zero-order chi connectivity index (χ0) is 16.5. The van der Waals surface area contributed by atoms with E-state index in [9.17, 15) is 4.79 Å². The highest BCUT2D eigenvalue weighted by Gasteiger charge is 2.21. The van der Waals surface area contributed by atoms with Crippen LogP contribution in [0.4, 0.5) is 0 Å². The van der Waals surface area contributed by atoms with Gasteiger partial charge >= 0.3 is 0 Å². The molecule has 1 aliphatic heterocycles. The van der Waals surface area contributed by atoms with Crippen molar-refractivity contribution in [2.24, 2.45) is 11.7 Å². The molecule has 2 N–H and O–H groups in total. The summed E-state index contributed by atoms with van der Waals surface area (Å²) < 4.78 is 7.08. The first-order valence-corrected chi connectivity index (χ1v) is 7.89. The first-order chi connectivity index (χ1) is 11.7. The number of aromatic nitrogens is 4. The van der Waals surface area contributed by atoms with Crippen LogP contribution < -0.4 is 5.73 Å². The highest BCUT2D eigenvalue weighted by molar-refractivity contribution is 5.91. The highest BCUT2D eigenvalue weighted by Crippen LogP contribution is 2.20. The Bertz CT molecular complexity index is 866. The van der Waals surface area contributed by atoms with Gasteiger partial charge in [-0.05, 0) is 24.8 Å². The number of nitrogens with zero attached hydrogens (tertiary/aromatic N) is 4. The van der Waals surface area contributed by atoms with Crippen molar-refractivity contribution in [2.75, 3.05) is 13.2 Å². The van der Waals surface area contributed by atoms with Gasteiger partial charge in [0.15, 0.2) is 5.82 Å². The zero-order valence-electron chi connectivity index (χ0n) is 13.1. The van der Waals surface area contributed by atoms with Crippen molar-refractivity contribution in [1.29, 1.82) is 0 Å². The Labute approximate surface area is 138 Å². The minimum Gasteiger partial charge on any atom is -0.381 e. The Hall–Kier alpha value is -2.80. The van der Waals surface area contributed by atoms with Crippen molar-refractivity contribution in [1.82, 2.24) is 19.7 Å². The summed E-state index contributed by atoms with van der Waals surface area (Å²) in [7, 11) is 0. The fourth-order valence-electron chi connectivity index (χ4n) is 2.97. The molecule has 0 radical (unpaired) electrons. The van der Waals surface area contributed by atoms with Crippen LogP contribution in [0.25, 0.3) is 16.7 Å². The molecule has 0 aliphatic carbocycles. The Morgan fingerprint density at radius 3 is 3.00 bits per heavy atom. The molecule has 0 spiro atoms. The second-order valence-corrected chi connectivity index (χ2v) is 5.95. The molecule has 1 aromatic carbocycles. The third-order valence-corrected chi connectivity index (χ3v) is 4.22. The van der Waals surface area contributed by atoms with E-state index < -0.39 is 5.91 Å². The van der Waals surface area contributed by atoms with Crippen LogP contribution in [0.15, 0.2) is 36.7 Å². The van der Waals surface area contributed by atoms with Crippen LogP contribution in [0.3, 0.4) is 0 Å². The van der Waals surface area contributed by atoms with Crippen molar-refractivity contribution in [3.05, 3.63) is 48.0 Å². The molecule has 7 heteroatoms. The molecule has 2 aromatic heterocycles. The fraction of sp³-hybridized carbons (Fsp3) is 0.294. The number of primary amides is 1. The molecule has 1 aliphatic rings. The average molecular weight is 323 g/mol. The number of amides is 1. The maximum atomic E-state index is 11.7. The molecule has 1 saturated heterocycles. The van der Waals surface area contributed by atoms with Gasteiger partial charge in [-0.1, -0.05) is 18.2 Å². The van der Waals surface area contributed by atoms with Crippen LogP contribution in [-0.4, -0.2) is 38.9 Å². The smallest absolute Gasteiger partial charge is 0.269 e. The van der Waals surface area contributed by atoms with Gasteiger partial charge in [-0.25, -0.2) is 14.6 Å². The van der Waals surface area contributed by atoms with Gasteiger partial charge in [0.1, 0.15) is 5.69 Å². The second kappa shape index (κ2) is 6.01. The molecule has 3 aromatic rings. The summed E-state index contributed by atoms with van der Waals surface area (Å²) in [5.41, 5.74) is 7.15. The number of carbonyl (C=O) groups is 1. The number of hydrogen-bond donors (Lipinski definition) is 1. The first kappa shape index (κ1) is 14.8. The standard InChI is InChI=1S/C17H17N5O2/c18-17(23)16-14(7-11-5-6-24-10-11)20-15(8-19-16)22-9-12-3-1-2-4-13(12)21-22/h1-4,8-9,11H,5-7,10H2,(H2,18,23)/t11-/m0/s1. The van der Waals surface area contributed by atoms with Crippen LogP contribution in [0.5, 0.6) is 0 Å². The minimum absolute atomic E-state index is 0.224. The van der Waals surface area contributed by atoms with Crippen molar-refractivity contribution < 1.29 is 9.53 Å². The normalized spacial score (nSPS) is 17.4. The number of benzene rings is 1. The lowest BCUT2D eigenvalue weighted by atomic mass is 10.0. The summed E-state index contributed by atoms with van der Waals surface area (Å²) in [6.07, 6.45) is 5.00. The monoisotopic (exact) mass is 323 g/mol. The summed E-state index contributed by atoms with van der Waals surface area (Å²) in [4.78, 5) is 20.5. The first-order valence-electron chi connectivity index (χ1n) is 7.89. The van der Waals surface area contributed by atoms with E-state index >= 15 is 0 Å². The highest BCUT2D eigenvalue weighted by atomic mass is 16.5. The predicted octanol–water partition coefficient (Wildman–Crippen LogP) is 1.49. The topological polar surface area (TPSA) is 95.9 Å². The maximum Gasteiger partial charge on any atom is 0.269 e. The van der Waals surface area contributed by atoms with Crippen molar-refractivity contribution in [3.8, 4) is 5.82 Å². The summed E-state index contributed by atoms with van der Waals surface area (Å²) in [6.45, 7) is 1.42. The third-order valence-electron chi connectivity index (χ3n) is 4.22. The quantitative estimate of drug-likeness (QED) is 0.785. The lowest BCUT2D eigenvalue weighted by Gasteiger charge is -2.11. The van der Waals surface area contributed by atoms with Gasteiger partial charge in [0.05, 0.1) is 17.4 Å². The molecule has 7 nitrogen and oxygen atoms in total. The van der Waals surface area contributed by atoms with Crippen LogP contribution in [0.1, 0.15) is 22.6 Å². The molecule has 0 unspecified atom stereocenters. The van der Waals surface area contributed by atoms with Gasteiger partial charge in [-0.2, -0.15) is 5.10 Å². The average Bonchev–Trinajstić information content (AvgIpc) is 3.23. The molecule has 3 heterocycles. The summed E-state index contributed by atoms with van der Waals surface area (Å²) in [5.74, 6) is 0.350. The summed E-state index contributed by atoms with van der Waals surface area (Å²) >= 11 is 0. The Balaban J connectivity index is 1.74. The molecule has 1 amide bonds. The van der Waals surface area contributed by atoms with Crippen molar-refractivity contribution in [3.63, 3.8) is 0 Å². The van der Waals surface area contributed by atoms with E-state index in [0.29, 0.717) is 30.5 Å². The Kier molecular flexibility index (Phi) is 3.70. The predicted molar refractivity (Wildman–Crippen MR) is 87.8 cm³/mol. The molecule has 0 saturated carbocycles. The van der Waals surface area contributed by atoms with E-state index in [1.165, 1.54) is 6.20 Å². The second-order valence-electron chi connectivity index (χ2n) is 5.95. The lowest BCUT2D eigenvalue weighted by Crippen LogP contribution is -2.20. The van der Waals surface area contributed by atoms with E-state index in [0.717, 1.165) is 23.9 Å². The fourth-order valence-corrected chi connectivity index (χ4v) is 2.97. The van der Waals surface area contributed by atoms with Gasteiger partial charge in [-0.3, -0.25) is 4.79 Å². The molecular formula is C17H17N5O2. The van der Waals surface area contributed by atoms with Gasteiger partial charge in [-0.15, -0.1) is 0 Å². The number of ether oxygens (including phenoxy) is 1. The Morgan fingerprint density at radius 2 is 2.25 bits per heavy atom. The van der Waals surface area contributed by atoms with Gasteiger partial charge in [0.25, 0.3) is 5.91 Å². The van der Waals surface area contributed by atoms with Crippen molar-refractivity contribution in [2.45, 2.75) is 12.8 Å². The van der Waals surface area contributed by atoms with Crippen molar-refractivity contribution >= 4 is 16.8 Å². The number of nitrogens with two attached hydrogens (primary N) is 1.